The van der Waals surface area contributed by atoms with E-state index in [9.17, 15) is 14.2 Å². The fourth-order valence-electron chi connectivity index (χ4n) is 2.72. The van der Waals surface area contributed by atoms with Crippen molar-refractivity contribution in [2.24, 2.45) is 0 Å². The van der Waals surface area contributed by atoms with Crippen LogP contribution in [0.1, 0.15) is 0 Å². The Balaban J connectivity index is 1.52. The topological polar surface area (TPSA) is 101 Å². The highest BCUT2D eigenvalue weighted by atomic mass is 31.2. The van der Waals surface area contributed by atoms with Gasteiger partial charge in [0.15, 0.2) is 11.5 Å². The van der Waals surface area contributed by atoms with Gasteiger partial charge in [-0.15, -0.1) is 0 Å². The summed E-state index contributed by atoms with van der Waals surface area (Å²) in [7, 11) is -6.81. The van der Waals surface area contributed by atoms with Gasteiger partial charge < -0.3 is 18.7 Å². The predicted octanol–water partition coefficient (Wildman–Crippen LogP) is 7.15. The van der Waals surface area contributed by atoms with Crippen molar-refractivity contribution >= 4 is 16.1 Å². The Labute approximate surface area is 196 Å². The standard InChI is InChI=1S/C24H18O8P2/c25-19-9-7-15-23(17-19)31-34(27,30-21-12-5-2-6-13-21)32-24-16-8-14-22(18-24)29-33(26)28-20-10-3-1-4-11-20/h1-18H/p+1. The summed E-state index contributed by atoms with van der Waals surface area (Å²) in [5, 5.41) is 9.71. The van der Waals surface area contributed by atoms with Gasteiger partial charge >= 0.3 is 16.1 Å². The van der Waals surface area contributed by atoms with Crippen LogP contribution in [0.15, 0.2) is 109 Å². The van der Waals surface area contributed by atoms with Gasteiger partial charge in [0.25, 0.3) is 0 Å². The maximum Gasteiger partial charge on any atom is 0.805 e. The number of phosphoric acid groups is 1. The minimum absolute atomic E-state index is 0.0695. The normalized spacial score (nSPS) is 12.6. The summed E-state index contributed by atoms with van der Waals surface area (Å²) < 4.78 is 53.0. The summed E-state index contributed by atoms with van der Waals surface area (Å²) in [6.07, 6.45) is 0. The SMILES string of the molecule is O=[P+](Oc1ccccc1)Oc1cccc(OP(=O)(Oc2ccccc2)Oc2cccc(O)c2)c1. The summed E-state index contributed by atoms with van der Waals surface area (Å²) in [4.78, 5) is 0. The molecule has 4 aromatic carbocycles. The van der Waals surface area contributed by atoms with Crippen molar-refractivity contribution in [2.75, 3.05) is 0 Å². The van der Waals surface area contributed by atoms with E-state index < -0.39 is 16.1 Å². The first-order chi connectivity index (χ1) is 16.5. The van der Waals surface area contributed by atoms with Crippen LogP contribution in [-0.4, -0.2) is 5.11 Å². The van der Waals surface area contributed by atoms with Crippen molar-refractivity contribution in [3.05, 3.63) is 109 Å². The lowest BCUT2D eigenvalue weighted by molar-refractivity contribution is 0.298. The Kier molecular flexibility index (Phi) is 7.33. The smallest absolute Gasteiger partial charge is 0.508 e. The van der Waals surface area contributed by atoms with Gasteiger partial charge in [-0.1, -0.05) is 48.5 Å². The van der Waals surface area contributed by atoms with Crippen LogP contribution in [0.25, 0.3) is 0 Å². The van der Waals surface area contributed by atoms with Crippen LogP contribution in [0.4, 0.5) is 0 Å². The monoisotopic (exact) mass is 497 g/mol. The molecule has 0 fully saturated rings. The van der Waals surface area contributed by atoms with Gasteiger partial charge in [0.1, 0.15) is 23.0 Å². The highest BCUT2D eigenvalue weighted by molar-refractivity contribution is 7.49. The minimum atomic E-state index is -4.28. The summed E-state index contributed by atoms with van der Waals surface area (Å²) in [6.45, 7) is 0. The first-order valence-corrected chi connectivity index (χ1v) is 12.5. The van der Waals surface area contributed by atoms with Crippen LogP contribution in [0.5, 0.6) is 34.5 Å². The largest absolute Gasteiger partial charge is 0.805 e. The molecule has 0 spiro atoms. The first kappa shape index (κ1) is 23.2. The van der Waals surface area contributed by atoms with Crippen LogP contribution in [0.3, 0.4) is 0 Å². The third-order valence-corrected chi connectivity index (χ3v) is 6.14. The number of hydrogen-bond acceptors (Lipinski definition) is 8. The molecule has 8 nitrogen and oxygen atoms in total. The average molecular weight is 497 g/mol. The fourth-order valence-corrected chi connectivity index (χ4v) is 4.58. The zero-order valence-corrected chi connectivity index (χ0v) is 19.4. The number of benzene rings is 4. The van der Waals surface area contributed by atoms with E-state index in [0.717, 1.165) is 0 Å². The number of aromatic hydroxyl groups is 1. The summed E-state index contributed by atoms with van der Waals surface area (Å²) >= 11 is 0. The molecule has 34 heavy (non-hydrogen) atoms. The van der Waals surface area contributed by atoms with Crippen molar-refractivity contribution in [1.82, 2.24) is 0 Å². The second-order valence-electron chi connectivity index (χ2n) is 6.73. The third-order valence-electron chi connectivity index (χ3n) is 4.12. The number of rotatable bonds is 10. The van der Waals surface area contributed by atoms with Crippen LogP contribution < -0.4 is 22.6 Å². The van der Waals surface area contributed by atoms with E-state index in [-0.39, 0.29) is 28.7 Å². The molecule has 0 amide bonds. The number of phosphoric ester groups is 1. The molecule has 10 heteroatoms. The zero-order valence-electron chi connectivity index (χ0n) is 17.6. The molecule has 0 aliphatic rings. The van der Waals surface area contributed by atoms with E-state index >= 15 is 0 Å². The summed E-state index contributed by atoms with van der Waals surface area (Å²) in [5.74, 6) is 0.847. The molecule has 0 heterocycles. The lowest BCUT2D eigenvalue weighted by Gasteiger charge is -2.19. The van der Waals surface area contributed by atoms with Crippen LogP contribution in [0.2, 0.25) is 0 Å². The molecule has 2 atom stereocenters. The van der Waals surface area contributed by atoms with E-state index in [2.05, 4.69) is 0 Å². The maximum atomic E-state index is 13.5. The van der Waals surface area contributed by atoms with Crippen LogP contribution in [0, 0.1) is 0 Å². The predicted molar refractivity (Wildman–Crippen MR) is 126 cm³/mol. The zero-order chi connectivity index (χ0) is 23.8. The molecular formula is C24H19O8P2+. The van der Waals surface area contributed by atoms with Gasteiger partial charge in [-0.2, -0.15) is 4.57 Å². The average Bonchev–Trinajstić information content (AvgIpc) is 2.80. The number of para-hydroxylation sites is 2. The lowest BCUT2D eigenvalue weighted by atomic mass is 10.3. The Bertz CT molecular complexity index is 1300. The molecular weight excluding hydrogens is 478 g/mol. The Morgan fingerprint density at radius 1 is 0.559 bits per heavy atom. The second kappa shape index (κ2) is 10.8. The van der Waals surface area contributed by atoms with Crippen molar-refractivity contribution in [3.63, 3.8) is 0 Å². The molecule has 172 valence electrons. The minimum Gasteiger partial charge on any atom is -0.508 e. The number of phenols is 1. The van der Waals surface area contributed by atoms with Gasteiger partial charge in [0.2, 0.25) is 0 Å². The van der Waals surface area contributed by atoms with Crippen molar-refractivity contribution < 1.29 is 36.9 Å². The van der Waals surface area contributed by atoms with Crippen LogP contribution >= 0.6 is 16.1 Å². The van der Waals surface area contributed by atoms with E-state index in [1.807, 2.05) is 0 Å². The molecule has 0 aromatic heterocycles. The summed E-state index contributed by atoms with van der Waals surface area (Å²) in [6, 6.07) is 28.6. The molecule has 0 bridgehead atoms. The molecule has 0 aliphatic heterocycles. The van der Waals surface area contributed by atoms with Crippen molar-refractivity contribution in [2.45, 2.75) is 0 Å². The summed E-state index contributed by atoms with van der Waals surface area (Å²) in [5.41, 5.74) is 0. The molecule has 0 saturated heterocycles. The first-order valence-electron chi connectivity index (χ1n) is 9.99. The Morgan fingerprint density at radius 2 is 1.03 bits per heavy atom. The lowest BCUT2D eigenvalue weighted by Crippen LogP contribution is -2.07. The van der Waals surface area contributed by atoms with Gasteiger partial charge in [-0.05, 0) is 48.5 Å². The molecule has 4 rings (SSSR count). The number of phenolic OH excluding ortho intramolecular Hbond substituents is 1. The molecule has 4 aromatic rings. The van der Waals surface area contributed by atoms with Crippen molar-refractivity contribution in [3.8, 4) is 34.5 Å². The van der Waals surface area contributed by atoms with Gasteiger partial charge in [0.05, 0.1) is 0 Å². The maximum absolute atomic E-state index is 13.5. The molecule has 0 radical (unpaired) electrons. The second-order valence-corrected chi connectivity index (χ2v) is 8.98. The van der Waals surface area contributed by atoms with E-state index in [1.165, 1.54) is 42.5 Å². The Morgan fingerprint density at radius 3 is 1.68 bits per heavy atom. The van der Waals surface area contributed by atoms with Crippen LogP contribution in [-0.2, 0) is 9.13 Å². The quantitative estimate of drug-likeness (QED) is 0.231. The highest BCUT2D eigenvalue weighted by Gasteiger charge is 2.34. The van der Waals surface area contributed by atoms with Gasteiger partial charge in [-0.25, -0.2) is 9.05 Å². The molecule has 1 N–H and O–H groups in total. The third kappa shape index (κ3) is 6.75. The molecule has 2 unspecified atom stereocenters. The van der Waals surface area contributed by atoms with Gasteiger partial charge in [0, 0.05) is 16.7 Å². The van der Waals surface area contributed by atoms with E-state index in [4.69, 9.17) is 22.6 Å². The molecule has 0 aliphatic carbocycles. The molecule has 0 saturated carbocycles. The van der Waals surface area contributed by atoms with E-state index in [1.54, 1.807) is 66.7 Å². The Hall–Kier alpha value is -3.99. The fraction of sp³-hybridized carbons (Fsp3) is 0. The van der Waals surface area contributed by atoms with Crippen molar-refractivity contribution in [1.29, 1.82) is 0 Å². The highest BCUT2D eigenvalue weighted by Crippen LogP contribution is 2.50. The number of hydrogen-bond donors (Lipinski definition) is 1. The van der Waals surface area contributed by atoms with E-state index in [0.29, 0.717) is 5.75 Å². The van der Waals surface area contributed by atoms with Gasteiger partial charge in [-0.3, -0.25) is 0 Å².